The number of H-pyrrole nitrogens is 1. The van der Waals surface area contributed by atoms with Crippen LogP contribution in [-0.4, -0.2) is 21.3 Å². The van der Waals surface area contributed by atoms with Crippen molar-refractivity contribution in [3.8, 4) is 0 Å². The molecule has 0 saturated heterocycles. The number of hydrogen-bond donors (Lipinski definition) is 2. The monoisotopic (exact) mass is 224 g/mol. The first-order valence-corrected chi connectivity index (χ1v) is 5.64. The summed E-state index contributed by atoms with van der Waals surface area (Å²) >= 11 is 0. The Kier molecular flexibility index (Phi) is 3.24. The van der Waals surface area contributed by atoms with Gasteiger partial charge in [-0.3, -0.25) is 14.3 Å². The van der Waals surface area contributed by atoms with Crippen molar-refractivity contribution in [1.82, 2.24) is 9.55 Å². The Bertz CT molecular complexity index is 463. The molecule has 1 aromatic heterocycles. The summed E-state index contributed by atoms with van der Waals surface area (Å²) in [6.45, 7) is 0.0935. The lowest BCUT2D eigenvalue weighted by Gasteiger charge is -2.31. The second-order valence-corrected chi connectivity index (χ2v) is 4.31. The van der Waals surface area contributed by atoms with E-state index in [0.29, 0.717) is 0 Å². The average molecular weight is 224 g/mol. The van der Waals surface area contributed by atoms with Gasteiger partial charge in [-0.2, -0.15) is 0 Å². The Morgan fingerprint density at radius 2 is 2.12 bits per heavy atom. The lowest BCUT2D eigenvalue weighted by Crippen LogP contribution is -2.36. The average Bonchev–Trinajstić information content (AvgIpc) is 2.29. The minimum Gasteiger partial charge on any atom is -0.396 e. The highest BCUT2D eigenvalue weighted by molar-refractivity contribution is 4.89. The van der Waals surface area contributed by atoms with Crippen molar-refractivity contribution in [1.29, 1.82) is 0 Å². The number of aromatic nitrogens is 2. The van der Waals surface area contributed by atoms with Gasteiger partial charge in [-0.25, -0.2) is 4.79 Å². The van der Waals surface area contributed by atoms with Crippen LogP contribution in [0, 0.1) is 5.92 Å². The van der Waals surface area contributed by atoms with Crippen molar-refractivity contribution < 1.29 is 5.11 Å². The predicted molar refractivity (Wildman–Crippen MR) is 59.4 cm³/mol. The summed E-state index contributed by atoms with van der Waals surface area (Å²) in [5.74, 6) is 0.123. The van der Waals surface area contributed by atoms with Crippen molar-refractivity contribution >= 4 is 0 Å². The van der Waals surface area contributed by atoms with Gasteiger partial charge in [0.2, 0.25) is 0 Å². The van der Waals surface area contributed by atoms with Gasteiger partial charge >= 0.3 is 5.69 Å². The van der Waals surface area contributed by atoms with Crippen molar-refractivity contribution in [3.05, 3.63) is 33.1 Å². The molecule has 2 rings (SSSR count). The van der Waals surface area contributed by atoms with Gasteiger partial charge in [-0.1, -0.05) is 12.8 Å². The van der Waals surface area contributed by atoms with Crippen LogP contribution in [0.15, 0.2) is 21.9 Å². The molecular formula is C11H16N2O3. The summed E-state index contributed by atoms with van der Waals surface area (Å²) in [5, 5.41) is 9.28. The fraction of sp³-hybridized carbons (Fsp3) is 0.636. The van der Waals surface area contributed by atoms with Crippen molar-refractivity contribution in [2.75, 3.05) is 6.61 Å². The maximum absolute atomic E-state index is 11.6. The molecule has 0 amide bonds. The third kappa shape index (κ3) is 2.09. The fourth-order valence-electron chi connectivity index (χ4n) is 2.46. The lowest BCUT2D eigenvalue weighted by atomic mass is 9.85. The van der Waals surface area contributed by atoms with E-state index in [2.05, 4.69) is 4.98 Å². The van der Waals surface area contributed by atoms with E-state index in [1.54, 1.807) is 4.57 Å². The van der Waals surface area contributed by atoms with Crippen molar-refractivity contribution in [2.45, 2.75) is 31.7 Å². The van der Waals surface area contributed by atoms with E-state index in [-0.39, 0.29) is 29.8 Å². The topological polar surface area (TPSA) is 75.1 Å². The zero-order valence-electron chi connectivity index (χ0n) is 9.06. The van der Waals surface area contributed by atoms with Crippen molar-refractivity contribution in [3.63, 3.8) is 0 Å². The van der Waals surface area contributed by atoms with Gasteiger partial charge in [0.05, 0.1) is 0 Å². The van der Waals surface area contributed by atoms with Crippen molar-refractivity contribution in [2.24, 2.45) is 5.92 Å². The molecule has 0 radical (unpaired) electrons. The molecule has 0 aliphatic heterocycles. The Labute approximate surface area is 92.7 Å². The molecule has 16 heavy (non-hydrogen) atoms. The van der Waals surface area contributed by atoms with Crippen LogP contribution in [0.3, 0.4) is 0 Å². The molecule has 1 aliphatic rings. The molecule has 5 nitrogen and oxygen atoms in total. The first-order chi connectivity index (χ1) is 7.72. The zero-order chi connectivity index (χ0) is 11.5. The lowest BCUT2D eigenvalue weighted by molar-refractivity contribution is 0.135. The second-order valence-electron chi connectivity index (χ2n) is 4.31. The summed E-state index contributed by atoms with van der Waals surface area (Å²) in [5.41, 5.74) is -0.754. The van der Waals surface area contributed by atoms with Crippen LogP contribution >= 0.6 is 0 Å². The smallest absolute Gasteiger partial charge is 0.328 e. The number of nitrogens with one attached hydrogen (secondary N) is 1. The Balaban J connectivity index is 2.34. The molecule has 1 fully saturated rings. The molecule has 1 aromatic rings. The molecular weight excluding hydrogens is 208 g/mol. The van der Waals surface area contributed by atoms with Gasteiger partial charge in [0.15, 0.2) is 0 Å². The molecule has 1 saturated carbocycles. The van der Waals surface area contributed by atoms with Crippen LogP contribution in [-0.2, 0) is 0 Å². The minimum absolute atomic E-state index is 0.0168. The normalized spacial score (nSPS) is 25.6. The predicted octanol–water partition coefficient (Wildman–Crippen LogP) is 0.260. The summed E-state index contributed by atoms with van der Waals surface area (Å²) in [4.78, 5) is 24.8. The van der Waals surface area contributed by atoms with E-state index >= 15 is 0 Å². The largest absolute Gasteiger partial charge is 0.396 e. The maximum Gasteiger partial charge on any atom is 0.328 e. The van der Waals surface area contributed by atoms with Crippen LogP contribution in [0.4, 0.5) is 0 Å². The molecule has 0 aromatic carbocycles. The molecule has 0 bridgehead atoms. The van der Waals surface area contributed by atoms with E-state index in [4.69, 9.17) is 0 Å². The SMILES string of the molecule is O=c1ccn([C@H]2CCCC[C@H]2CO)c(=O)[nH]1. The molecule has 88 valence electrons. The van der Waals surface area contributed by atoms with E-state index in [1.165, 1.54) is 12.3 Å². The van der Waals surface area contributed by atoms with Crippen LogP contribution in [0.5, 0.6) is 0 Å². The van der Waals surface area contributed by atoms with E-state index in [0.717, 1.165) is 25.7 Å². The Morgan fingerprint density at radius 1 is 1.38 bits per heavy atom. The summed E-state index contributed by atoms with van der Waals surface area (Å²) in [6, 6.07) is 1.37. The molecule has 0 unspecified atom stereocenters. The zero-order valence-corrected chi connectivity index (χ0v) is 9.06. The van der Waals surface area contributed by atoms with Gasteiger partial charge in [0.25, 0.3) is 5.56 Å². The third-order valence-electron chi connectivity index (χ3n) is 3.31. The fourth-order valence-corrected chi connectivity index (χ4v) is 2.46. The molecule has 1 heterocycles. The highest BCUT2D eigenvalue weighted by atomic mass is 16.3. The van der Waals surface area contributed by atoms with Gasteiger partial charge < -0.3 is 5.11 Å². The molecule has 5 heteroatoms. The van der Waals surface area contributed by atoms with E-state index in [9.17, 15) is 14.7 Å². The molecule has 2 atom stereocenters. The first kappa shape index (κ1) is 11.1. The minimum atomic E-state index is -0.377. The van der Waals surface area contributed by atoms with Gasteiger partial charge in [0, 0.05) is 30.8 Å². The number of aliphatic hydroxyl groups excluding tert-OH is 1. The third-order valence-corrected chi connectivity index (χ3v) is 3.31. The van der Waals surface area contributed by atoms with Crippen LogP contribution in [0.25, 0.3) is 0 Å². The highest BCUT2D eigenvalue weighted by Gasteiger charge is 2.26. The summed E-state index contributed by atoms with van der Waals surface area (Å²) < 4.78 is 1.54. The molecule has 2 N–H and O–H groups in total. The first-order valence-electron chi connectivity index (χ1n) is 5.64. The van der Waals surface area contributed by atoms with Crippen LogP contribution in [0.2, 0.25) is 0 Å². The molecule has 0 spiro atoms. The quantitative estimate of drug-likeness (QED) is 0.756. The number of rotatable bonds is 2. The van der Waals surface area contributed by atoms with Crippen LogP contribution < -0.4 is 11.2 Å². The standard InChI is InChI=1S/C11H16N2O3/c14-7-8-3-1-2-4-9(8)13-6-5-10(15)12-11(13)16/h5-6,8-9,14H,1-4,7H2,(H,12,15,16)/t8-,9-/m0/s1. The summed E-state index contributed by atoms with van der Waals surface area (Å²) in [6.07, 6.45) is 5.51. The maximum atomic E-state index is 11.6. The molecule has 1 aliphatic carbocycles. The van der Waals surface area contributed by atoms with Gasteiger partial charge in [-0.05, 0) is 12.8 Å². The van der Waals surface area contributed by atoms with E-state index in [1.807, 2.05) is 0 Å². The second kappa shape index (κ2) is 4.65. The number of aliphatic hydroxyl groups is 1. The van der Waals surface area contributed by atoms with E-state index < -0.39 is 0 Å². The van der Waals surface area contributed by atoms with Crippen LogP contribution in [0.1, 0.15) is 31.7 Å². The highest BCUT2D eigenvalue weighted by Crippen LogP contribution is 2.32. The Hall–Kier alpha value is -1.36. The number of hydrogen-bond acceptors (Lipinski definition) is 3. The number of aromatic amines is 1. The number of nitrogens with zero attached hydrogens (tertiary/aromatic N) is 1. The van der Waals surface area contributed by atoms with Gasteiger partial charge in [-0.15, -0.1) is 0 Å². The Morgan fingerprint density at radius 3 is 2.81 bits per heavy atom. The summed E-state index contributed by atoms with van der Waals surface area (Å²) in [7, 11) is 0. The van der Waals surface area contributed by atoms with Gasteiger partial charge in [0.1, 0.15) is 0 Å².